The first kappa shape index (κ1) is 35.1. The van der Waals surface area contributed by atoms with Gasteiger partial charge < -0.3 is 24.0 Å². The number of amides is 2. The Morgan fingerprint density at radius 2 is 1.46 bits per heavy atom. The number of para-hydroxylation sites is 1. The normalized spacial score (nSPS) is 13.9. The highest BCUT2D eigenvalue weighted by atomic mass is 16.6. The van der Waals surface area contributed by atoms with Crippen molar-refractivity contribution in [3.63, 3.8) is 0 Å². The monoisotopic (exact) mass is 630 g/mol. The quantitative estimate of drug-likeness (QED) is 0.183. The lowest BCUT2D eigenvalue weighted by Crippen LogP contribution is -2.42. The Kier molecular flexibility index (Phi) is 14.5. The maximum atomic E-state index is 13.1. The standard InChI is InChI=1S/C37H50N4O5/c1-4-44-27-25-41(26-28-45-5-2)29-30-15-17-32(18-16-30)36(42)39(3)23-24-40-21-19-33(20-22-40)46-37(43)38-35-14-10-9-13-34(35)31-11-7-6-8-12-31/h6-18,33H,4-5,19-29H2,1-3H3,(H,38,43). The lowest BCUT2D eigenvalue weighted by atomic mass is 10.0. The van der Waals surface area contributed by atoms with E-state index in [1.165, 1.54) is 0 Å². The number of rotatable bonds is 17. The smallest absolute Gasteiger partial charge is 0.411 e. The highest BCUT2D eigenvalue weighted by Gasteiger charge is 2.23. The Morgan fingerprint density at radius 3 is 2.11 bits per heavy atom. The Hall–Kier alpha value is -3.76. The van der Waals surface area contributed by atoms with E-state index >= 15 is 0 Å². The highest BCUT2D eigenvalue weighted by Crippen LogP contribution is 2.28. The number of likely N-dealkylation sites (tertiary alicyclic amines) is 1. The minimum Gasteiger partial charge on any atom is -0.446 e. The number of hydrogen-bond donors (Lipinski definition) is 1. The first-order valence-electron chi connectivity index (χ1n) is 16.5. The molecule has 0 radical (unpaired) electrons. The van der Waals surface area contributed by atoms with Gasteiger partial charge in [-0.25, -0.2) is 4.79 Å². The molecule has 248 valence electrons. The van der Waals surface area contributed by atoms with Gasteiger partial charge in [-0.2, -0.15) is 0 Å². The molecular weight excluding hydrogens is 580 g/mol. The molecule has 3 aromatic rings. The fraction of sp³-hybridized carbons (Fsp3) is 0.459. The van der Waals surface area contributed by atoms with Crippen molar-refractivity contribution >= 4 is 17.7 Å². The number of ether oxygens (including phenoxy) is 3. The zero-order chi connectivity index (χ0) is 32.6. The van der Waals surface area contributed by atoms with Gasteiger partial charge >= 0.3 is 6.09 Å². The van der Waals surface area contributed by atoms with Crippen LogP contribution in [0.2, 0.25) is 0 Å². The van der Waals surface area contributed by atoms with E-state index in [1.807, 2.05) is 99.8 Å². The third-order valence-corrected chi connectivity index (χ3v) is 8.27. The number of piperidine rings is 1. The van der Waals surface area contributed by atoms with Crippen LogP contribution in [0.1, 0.15) is 42.6 Å². The number of carbonyl (C=O) groups is 2. The molecule has 1 aliphatic rings. The molecule has 0 atom stereocenters. The summed E-state index contributed by atoms with van der Waals surface area (Å²) in [6.45, 7) is 12.3. The molecule has 9 heteroatoms. The second-order valence-corrected chi connectivity index (χ2v) is 11.6. The van der Waals surface area contributed by atoms with Gasteiger partial charge in [-0.05, 0) is 56.0 Å². The molecular formula is C37H50N4O5. The SMILES string of the molecule is CCOCCN(CCOCC)Cc1ccc(C(=O)N(C)CCN2CCC(OC(=O)Nc3ccccc3-c3ccccc3)CC2)cc1. The van der Waals surface area contributed by atoms with Crippen LogP contribution in [0.25, 0.3) is 11.1 Å². The lowest BCUT2D eigenvalue weighted by Gasteiger charge is -2.32. The minimum atomic E-state index is -0.429. The number of anilines is 1. The second-order valence-electron chi connectivity index (χ2n) is 11.6. The van der Waals surface area contributed by atoms with E-state index in [2.05, 4.69) is 15.1 Å². The zero-order valence-corrected chi connectivity index (χ0v) is 27.7. The second kappa shape index (κ2) is 19.0. The van der Waals surface area contributed by atoms with Crippen LogP contribution in [0.15, 0.2) is 78.9 Å². The van der Waals surface area contributed by atoms with Crippen LogP contribution in [-0.2, 0) is 20.8 Å². The number of nitrogens with one attached hydrogen (secondary N) is 1. The summed E-state index contributed by atoms with van der Waals surface area (Å²) < 4.78 is 16.9. The van der Waals surface area contributed by atoms with Gasteiger partial charge in [-0.15, -0.1) is 0 Å². The van der Waals surface area contributed by atoms with E-state index in [0.29, 0.717) is 38.5 Å². The number of benzene rings is 3. The van der Waals surface area contributed by atoms with Gasteiger partial charge in [0.15, 0.2) is 0 Å². The maximum absolute atomic E-state index is 13.1. The summed E-state index contributed by atoms with van der Waals surface area (Å²) in [5.74, 6) is 0.0155. The fourth-order valence-electron chi connectivity index (χ4n) is 5.57. The van der Waals surface area contributed by atoms with Crippen molar-refractivity contribution in [3.8, 4) is 11.1 Å². The summed E-state index contributed by atoms with van der Waals surface area (Å²) in [5.41, 5.74) is 4.57. The molecule has 1 aliphatic heterocycles. The topological polar surface area (TPSA) is 83.6 Å². The first-order valence-corrected chi connectivity index (χ1v) is 16.5. The number of likely N-dealkylation sites (N-methyl/N-ethyl adjacent to an activating group) is 1. The predicted molar refractivity (Wildman–Crippen MR) is 183 cm³/mol. The van der Waals surface area contributed by atoms with E-state index in [9.17, 15) is 9.59 Å². The van der Waals surface area contributed by atoms with Gasteiger partial charge in [0.1, 0.15) is 6.10 Å². The molecule has 1 saturated heterocycles. The predicted octanol–water partition coefficient (Wildman–Crippen LogP) is 6.01. The van der Waals surface area contributed by atoms with Crippen LogP contribution >= 0.6 is 0 Å². The molecule has 0 bridgehead atoms. The molecule has 0 unspecified atom stereocenters. The summed E-state index contributed by atoms with van der Waals surface area (Å²) in [4.78, 5) is 32.3. The Bertz CT molecular complexity index is 1320. The van der Waals surface area contributed by atoms with Gasteiger partial charge in [-0.1, -0.05) is 60.7 Å². The zero-order valence-electron chi connectivity index (χ0n) is 27.7. The van der Waals surface area contributed by atoms with Crippen molar-refractivity contribution in [2.24, 2.45) is 0 Å². The largest absolute Gasteiger partial charge is 0.446 e. The fourth-order valence-corrected chi connectivity index (χ4v) is 5.57. The molecule has 0 aliphatic carbocycles. The van der Waals surface area contributed by atoms with Crippen molar-refractivity contribution in [3.05, 3.63) is 90.0 Å². The van der Waals surface area contributed by atoms with Crippen molar-refractivity contribution in [2.45, 2.75) is 39.3 Å². The summed E-state index contributed by atoms with van der Waals surface area (Å²) in [6, 6.07) is 25.6. The van der Waals surface area contributed by atoms with Crippen LogP contribution in [0.5, 0.6) is 0 Å². The van der Waals surface area contributed by atoms with Crippen LogP contribution in [0, 0.1) is 0 Å². The Balaban J connectivity index is 1.18. The number of nitrogens with zero attached hydrogens (tertiary/aromatic N) is 3. The first-order chi connectivity index (χ1) is 22.5. The summed E-state index contributed by atoms with van der Waals surface area (Å²) in [7, 11) is 1.85. The van der Waals surface area contributed by atoms with E-state index in [4.69, 9.17) is 14.2 Å². The molecule has 0 saturated carbocycles. The third-order valence-electron chi connectivity index (χ3n) is 8.27. The van der Waals surface area contributed by atoms with Gasteiger partial charge in [-0.3, -0.25) is 15.0 Å². The van der Waals surface area contributed by atoms with Gasteiger partial charge in [0.05, 0.1) is 18.9 Å². The minimum absolute atomic E-state index is 0.0155. The van der Waals surface area contributed by atoms with Crippen LogP contribution in [-0.4, -0.2) is 106 Å². The summed E-state index contributed by atoms with van der Waals surface area (Å²) in [6.07, 6.45) is 0.965. The Morgan fingerprint density at radius 1 is 0.826 bits per heavy atom. The molecule has 46 heavy (non-hydrogen) atoms. The van der Waals surface area contributed by atoms with Crippen molar-refractivity contribution in [2.75, 3.05) is 78.1 Å². The molecule has 4 rings (SSSR count). The van der Waals surface area contributed by atoms with Crippen LogP contribution < -0.4 is 5.32 Å². The van der Waals surface area contributed by atoms with Crippen molar-refractivity contribution in [1.29, 1.82) is 0 Å². The molecule has 0 spiro atoms. The van der Waals surface area contributed by atoms with E-state index < -0.39 is 6.09 Å². The van der Waals surface area contributed by atoms with E-state index in [1.54, 1.807) is 4.90 Å². The molecule has 9 nitrogen and oxygen atoms in total. The van der Waals surface area contributed by atoms with E-state index in [-0.39, 0.29) is 12.0 Å². The molecule has 0 aromatic heterocycles. The summed E-state index contributed by atoms with van der Waals surface area (Å²) >= 11 is 0. The number of hydrogen-bond acceptors (Lipinski definition) is 7. The third kappa shape index (κ3) is 11.2. The van der Waals surface area contributed by atoms with E-state index in [0.717, 1.165) is 74.5 Å². The molecule has 1 N–H and O–H groups in total. The molecule has 2 amide bonds. The molecule has 1 fully saturated rings. The number of carbonyl (C=O) groups excluding carboxylic acids is 2. The van der Waals surface area contributed by atoms with Crippen molar-refractivity contribution in [1.82, 2.24) is 14.7 Å². The average Bonchev–Trinajstić information content (AvgIpc) is 3.08. The van der Waals surface area contributed by atoms with Gasteiger partial charge in [0.2, 0.25) is 0 Å². The van der Waals surface area contributed by atoms with Gasteiger partial charge in [0.25, 0.3) is 5.91 Å². The molecule has 3 aromatic carbocycles. The van der Waals surface area contributed by atoms with Crippen LogP contribution in [0.3, 0.4) is 0 Å². The van der Waals surface area contributed by atoms with Crippen molar-refractivity contribution < 1.29 is 23.8 Å². The average molecular weight is 631 g/mol. The Labute approximate surface area is 274 Å². The highest BCUT2D eigenvalue weighted by molar-refractivity contribution is 5.94. The van der Waals surface area contributed by atoms with Crippen LogP contribution in [0.4, 0.5) is 10.5 Å². The maximum Gasteiger partial charge on any atom is 0.411 e. The lowest BCUT2D eigenvalue weighted by molar-refractivity contribution is 0.0540. The van der Waals surface area contributed by atoms with Gasteiger partial charge in [0, 0.05) is 77.2 Å². The molecule has 1 heterocycles. The summed E-state index contributed by atoms with van der Waals surface area (Å²) in [5, 5.41) is 2.94.